The molecule has 0 saturated carbocycles. The van der Waals surface area contributed by atoms with Gasteiger partial charge in [0, 0.05) is 24.5 Å². The quantitative estimate of drug-likeness (QED) is 0.474. The Kier molecular flexibility index (Phi) is 5.30. The number of nitro groups is 1. The van der Waals surface area contributed by atoms with E-state index in [-0.39, 0.29) is 23.2 Å². The Morgan fingerprint density at radius 1 is 1.47 bits per heavy atom. The van der Waals surface area contributed by atoms with Gasteiger partial charge in [-0.2, -0.15) is 0 Å². The molecule has 0 spiro atoms. The maximum atomic E-state index is 12.5. The number of benzene rings is 1. The lowest BCUT2D eigenvalue weighted by atomic mass is 10.0. The van der Waals surface area contributed by atoms with Crippen molar-refractivity contribution in [3.8, 4) is 0 Å². The Labute approximate surface area is 117 Å². The average molecular weight is 285 g/mol. The second-order valence-electron chi connectivity index (χ2n) is 4.51. The summed E-state index contributed by atoms with van der Waals surface area (Å²) in [4.78, 5) is 24.5. The summed E-state index contributed by atoms with van der Waals surface area (Å²) in [6.07, 6.45) is 0. The highest BCUT2D eigenvalue weighted by Crippen LogP contribution is 2.24. The van der Waals surface area contributed by atoms with Gasteiger partial charge in [-0.05, 0) is 26.3 Å². The summed E-state index contributed by atoms with van der Waals surface area (Å²) < 4.78 is 0. The minimum absolute atomic E-state index is 0.0644. The minimum atomic E-state index is -0.528. The lowest BCUT2D eigenvalue weighted by Crippen LogP contribution is -2.39. The molecule has 0 N–H and O–H groups in total. The molecule has 0 aliphatic heterocycles. The Morgan fingerprint density at radius 3 is 2.58 bits per heavy atom. The van der Waals surface area contributed by atoms with Crippen LogP contribution in [0, 0.1) is 17.0 Å². The summed E-state index contributed by atoms with van der Waals surface area (Å²) in [7, 11) is 0. The van der Waals surface area contributed by atoms with Gasteiger partial charge in [-0.25, -0.2) is 0 Å². The molecule has 0 radical (unpaired) electrons. The van der Waals surface area contributed by atoms with Gasteiger partial charge >= 0.3 is 0 Å². The summed E-state index contributed by atoms with van der Waals surface area (Å²) in [5.41, 5.74) is 0.580. The van der Waals surface area contributed by atoms with E-state index in [1.54, 1.807) is 24.0 Å². The number of alkyl halides is 1. The van der Waals surface area contributed by atoms with Crippen molar-refractivity contribution in [2.45, 2.75) is 26.8 Å². The van der Waals surface area contributed by atoms with Crippen LogP contribution in [-0.2, 0) is 0 Å². The largest absolute Gasteiger partial charge is 0.335 e. The third-order valence-corrected chi connectivity index (χ3v) is 3.04. The number of nitro benzene ring substituents is 1. The van der Waals surface area contributed by atoms with Gasteiger partial charge in [-0.3, -0.25) is 14.9 Å². The number of carbonyl (C=O) groups is 1. The van der Waals surface area contributed by atoms with Crippen molar-refractivity contribution in [3.05, 3.63) is 39.4 Å². The van der Waals surface area contributed by atoms with Crippen LogP contribution in [-0.4, -0.2) is 34.2 Å². The molecule has 0 bridgehead atoms. The topological polar surface area (TPSA) is 63.5 Å². The number of hydrogen-bond donors (Lipinski definition) is 0. The number of amides is 1. The minimum Gasteiger partial charge on any atom is -0.335 e. The van der Waals surface area contributed by atoms with Gasteiger partial charge in [-0.1, -0.05) is 12.1 Å². The van der Waals surface area contributed by atoms with Crippen molar-refractivity contribution >= 4 is 23.2 Å². The molecule has 1 aromatic carbocycles. The Morgan fingerprint density at radius 2 is 2.11 bits per heavy atom. The van der Waals surface area contributed by atoms with Crippen LogP contribution in [0.1, 0.15) is 29.8 Å². The zero-order valence-corrected chi connectivity index (χ0v) is 12.0. The molecule has 1 amide bonds. The fourth-order valence-electron chi connectivity index (χ4n) is 1.91. The molecule has 0 heterocycles. The Bertz CT molecular complexity index is 489. The van der Waals surface area contributed by atoms with E-state index in [1.165, 1.54) is 6.07 Å². The van der Waals surface area contributed by atoms with Crippen molar-refractivity contribution in [2.75, 3.05) is 12.4 Å². The van der Waals surface area contributed by atoms with Crippen LogP contribution >= 0.6 is 11.6 Å². The Balaban J connectivity index is 3.28. The summed E-state index contributed by atoms with van der Waals surface area (Å²) in [5, 5.41) is 11.0. The van der Waals surface area contributed by atoms with Crippen LogP contribution in [0.4, 0.5) is 5.69 Å². The fraction of sp³-hybridized carbons (Fsp3) is 0.462. The molecule has 0 aliphatic carbocycles. The average Bonchev–Trinajstić information content (AvgIpc) is 2.34. The highest BCUT2D eigenvalue weighted by molar-refractivity contribution is 6.18. The summed E-state index contributed by atoms with van der Waals surface area (Å²) >= 11 is 5.69. The second kappa shape index (κ2) is 6.52. The molecular formula is C13H17ClN2O3. The van der Waals surface area contributed by atoms with Gasteiger partial charge in [0.15, 0.2) is 0 Å². The number of rotatable bonds is 5. The van der Waals surface area contributed by atoms with Crippen LogP contribution in [0.25, 0.3) is 0 Å². The molecule has 0 unspecified atom stereocenters. The lowest BCUT2D eigenvalue weighted by molar-refractivity contribution is -0.385. The predicted octanol–water partition coefficient (Wildman–Crippen LogP) is 2.99. The molecule has 5 nitrogen and oxygen atoms in total. The summed E-state index contributed by atoms with van der Waals surface area (Å²) in [6, 6.07) is 4.55. The molecule has 6 heteroatoms. The van der Waals surface area contributed by atoms with Gasteiger partial charge in [-0.15, -0.1) is 11.6 Å². The molecular weight excluding hydrogens is 268 g/mol. The van der Waals surface area contributed by atoms with Gasteiger partial charge in [0.25, 0.3) is 11.6 Å². The third-order valence-electron chi connectivity index (χ3n) is 2.87. The monoisotopic (exact) mass is 284 g/mol. The van der Waals surface area contributed by atoms with Crippen LogP contribution in [0.3, 0.4) is 0 Å². The van der Waals surface area contributed by atoms with Gasteiger partial charge < -0.3 is 4.90 Å². The van der Waals surface area contributed by atoms with E-state index in [4.69, 9.17) is 11.6 Å². The molecule has 0 fully saturated rings. The summed E-state index contributed by atoms with van der Waals surface area (Å²) in [5.74, 6) is -0.0516. The SMILES string of the molecule is Cc1cccc([N+](=O)[O-])c1C(=O)N(CCCl)C(C)C. The standard InChI is InChI=1S/C13H17ClN2O3/c1-9(2)15(8-7-14)13(17)12-10(3)5-4-6-11(12)16(18)19/h4-6,9H,7-8H2,1-3H3. The first kappa shape index (κ1) is 15.4. The zero-order chi connectivity index (χ0) is 14.6. The molecule has 104 valence electrons. The van der Waals surface area contributed by atoms with Crippen LogP contribution in [0.15, 0.2) is 18.2 Å². The van der Waals surface area contributed by atoms with E-state index in [9.17, 15) is 14.9 Å². The number of hydrogen-bond acceptors (Lipinski definition) is 3. The molecule has 0 atom stereocenters. The normalized spacial score (nSPS) is 10.6. The van der Waals surface area contributed by atoms with Crippen molar-refractivity contribution < 1.29 is 9.72 Å². The van der Waals surface area contributed by atoms with E-state index < -0.39 is 4.92 Å². The van der Waals surface area contributed by atoms with E-state index in [2.05, 4.69) is 0 Å². The smallest absolute Gasteiger partial charge is 0.282 e. The first-order chi connectivity index (χ1) is 8.90. The highest BCUT2D eigenvalue weighted by Gasteiger charge is 2.27. The van der Waals surface area contributed by atoms with E-state index in [0.29, 0.717) is 18.0 Å². The number of carbonyl (C=O) groups excluding carboxylic acids is 1. The molecule has 19 heavy (non-hydrogen) atoms. The third kappa shape index (κ3) is 3.44. The van der Waals surface area contributed by atoms with Crippen molar-refractivity contribution in [3.63, 3.8) is 0 Å². The van der Waals surface area contributed by atoms with Crippen LogP contribution < -0.4 is 0 Å². The fourth-order valence-corrected chi connectivity index (χ4v) is 2.09. The number of aryl methyl sites for hydroxylation is 1. The van der Waals surface area contributed by atoms with E-state index in [0.717, 1.165) is 0 Å². The zero-order valence-electron chi connectivity index (χ0n) is 11.2. The van der Waals surface area contributed by atoms with Crippen LogP contribution in [0.5, 0.6) is 0 Å². The number of nitrogens with zero attached hydrogens (tertiary/aromatic N) is 2. The van der Waals surface area contributed by atoms with Crippen molar-refractivity contribution in [1.82, 2.24) is 4.90 Å². The highest BCUT2D eigenvalue weighted by atomic mass is 35.5. The van der Waals surface area contributed by atoms with Crippen molar-refractivity contribution in [1.29, 1.82) is 0 Å². The van der Waals surface area contributed by atoms with E-state index in [1.807, 2.05) is 13.8 Å². The van der Waals surface area contributed by atoms with Crippen molar-refractivity contribution in [2.24, 2.45) is 0 Å². The van der Waals surface area contributed by atoms with Gasteiger partial charge in [0.2, 0.25) is 0 Å². The lowest BCUT2D eigenvalue weighted by Gasteiger charge is -2.26. The Hall–Kier alpha value is -1.62. The molecule has 0 aromatic heterocycles. The molecule has 1 rings (SSSR count). The second-order valence-corrected chi connectivity index (χ2v) is 4.89. The summed E-state index contributed by atoms with van der Waals surface area (Å²) in [6.45, 7) is 5.77. The first-order valence-corrected chi connectivity index (χ1v) is 6.54. The van der Waals surface area contributed by atoms with E-state index >= 15 is 0 Å². The van der Waals surface area contributed by atoms with Gasteiger partial charge in [0.05, 0.1) is 4.92 Å². The molecule has 1 aromatic rings. The first-order valence-electron chi connectivity index (χ1n) is 6.01. The van der Waals surface area contributed by atoms with Gasteiger partial charge in [0.1, 0.15) is 5.56 Å². The maximum Gasteiger partial charge on any atom is 0.282 e. The molecule has 0 aliphatic rings. The molecule has 0 saturated heterocycles. The number of halogens is 1. The maximum absolute atomic E-state index is 12.5. The van der Waals surface area contributed by atoms with Crippen LogP contribution in [0.2, 0.25) is 0 Å². The predicted molar refractivity (Wildman–Crippen MR) is 74.7 cm³/mol.